The lowest BCUT2D eigenvalue weighted by atomic mass is 10.1. The van der Waals surface area contributed by atoms with Gasteiger partial charge in [0.25, 0.3) is 0 Å². The molecule has 0 rings (SSSR count). The molecular formula is C22H30O. The van der Waals surface area contributed by atoms with Gasteiger partial charge in [0.15, 0.2) is 0 Å². The average molecular weight is 310 g/mol. The molecule has 0 N–H and O–H groups in total. The fraction of sp³-hybridized carbons (Fsp3) is 0.318. The monoisotopic (exact) mass is 310 g/mol. The molecule has 0 radical (unpaired) electrons. The fourth-order valence-electron chi connectivity index (χ4n) is 1.75. The number of hydrogen-bond acceptors (Lipinski definition) is 1. The highest BCUT2D eigenvalue weighted by molar-refractivity contribution is 5.65. The van der Waals surface area contributed by atoms with Gasteiger partial charge in [-0.25, -0.2) is 0 Å². The van der Waals surface area contributed by atoms with Crippen LogP contribution in [-0.4, -0.2) is 6.29 Å². The van der Waals surface area contributed by atoms with Crippen LogP contribution in [-0.2, 0) is 4.79 Å². The molecule has 1 nitrogen and oxygen atoms in total. The van der Waals surface area contributed by atoms with Gasteiger partial charge in [0.2, 0.25) is 0 Å². The van der Waals surface area contributed by atoms with Crippen LogP contribution < -0.4 is 0 Å². The van der Waals surface area contributed by atoms with Gasteiger partial charge < -0.3 is 0 Å². The van der Waals surface area contributed by atoms with Crippen LogP contribution >= 0.6 is 0 Å². The number of allylic oxidation sites excluding steroid dienone is 14. The first-order chi connectivity index (χ1) is 11.0. The molecule has 0 aliphatic carbocycles. The lowest BCUT2D eigenvalue weighted by Gasteiger charge is -1.96. The fourth-order valence-corrected chi connectivity index (χ4v) is 1.75. The molecule has 1 heteroatoms. The van der Waals surface area contributed by atoms with E-state index in [9.17, 15) is 4.79 Å². The van der Waals surface area contributed by atoms with E-state index in [1.54, 1.807) is 6.08 Å². The summed E-state index contributed by atoms with van der Waals surface area (Å²) in [6.45, 7) is 10.5. The van der Waals surface area contributed by atoms with Crippen molar-refractivity contribution in [3.8, 4) is 0 Å². The minimum absolute atomic E-state index is 0.775. The summed E-state index contributed by atoms with van der Waals surface area (Å²) in [5.41, 5.74) is 5.07. The summed E-state index contributed by atoms with van der Waals surface area (Å²) in [6.07, 6.45) is 22.9. The third-order valence-corrected chi connectivity index (χ3v) is 3.10. The van der Waals surface area contributed by atoms with Gasteiger partial charge in [-0.05, 0) is 53.5 Å². The van der Waals surface area contributed by atoms with Crippen LogP contribution in [0.2, 0.25) is 0 Å². The molecular weight excluding hydrogens is 280 g/mol. The van der Waals surface area contributed by atoms with E-state index in [0.29, 0.717) is 0 Å². The first kappa shape index (κ1) is 20.9. The van der Waals surface area contributed by atoms with Crippen LogP contribution in [0.25, 0.3) is 0 Å². The topological polar surface area (TPSA) is 17.1 Å². The van der Waals surface area contributed by atoms with Gasteiger partial charge in [0.05, 0.1) is 0 Å². The highest BCUT2D eigenvalue weighted by Gasteiger charge is 1.87. The predicted octanol–water partition coefficient (Wildman–Crippen LogP) is 6.44. The maximum Gasteiger partial charge on any atom is 0.142 e. The van der Waals surface area contributed by atoms with E-state index in [0.717, 1.165) is 24.7 Å². The summed E-state index contributed by atoms with van der Waals surface area (Å²) in [5.74, 6) is 0. The van der Waals surface area contributed by atoms with Crippen LogP contribution in [0.15, 0.2) is 83.1 Å². The van der Waals surface area contributed by atoms with Gasteiger partial charge in [-0.15, -0.1) is 0 Å². The van der Waals surface area contributed by atoms with Crippen molar-refractivity contribution in [2.24, 2.45) is 0 Å². The second-order valence-corrected chi connectivity index (χ2v) is 5.89. The summed E-state index contributed by atoms with van der Waals surface area (Å²) in [6, 6.07) is 0. The Kier molecular flexibility index (Phi) is 12.2. The number of aldehydes is 1. The van der Waals surface area contributed by atoms with E-state index in [-0.39, 0.29) is 0 Å². The van der Waals surface area contributed by atoms with Crippen molar-refractivity contribution >= 4 is 6.29 Å². The highest BCUT2D eigenvalue weighted by Crippen LogP contribution is 2.07. The van der Waals surface area contributed by atoms with E-state index >= 15 is 0 Å². The third-order valence-electron chi connectivity index (χ3n) is 3.10. The number of carbonyl (C=O) groups excluding carboxylic acids is 1. The van der Waals surface area contributed by atoms with Crippen LogP contribution in [0, 0.1) is 0 Å². The molecule has 0 amide bonds. The summed E-state index contributed by atoms with van der Waals surface area (Å²) in [5, 5.41) is 0. The van der Waals surface area contributed by atoms with Gasteiger partial charge >= 0.3 is 0 Å². The Morgan fingerprint density at radius 2 is 1.30 bits per heavy atom. The molecule has 0 bridgehead atoms. The van der Waals surface area contributed by atoms with E-state index in [2.05, 4.69) is 58.1 Å². The zero-order valence-corrected chi connectivity index (χ0v) is 15.2. The molecule has 0 saturated heterocycles. The minimum Gasteiger partial charge on any atom is -0.299 e. The Labute approximate surface area is 142 Å². The van der Waals surface area contributed by atoms with Crippen molar-refractivity contribution in [1.29, 1.82) is 0 Å². The highest BCUT2D eigenvalue weighted by atomic mass is 16.1. The smallest absolute Gasteiger partial charge is 0.142 e. The minimum atomic E-state index is 0.775. The van der Waals surface area contributed by atoms with Crippen molar-refractivity contribution < 1.29 is 4.79 Å². The first-order valence-corrected chi connectivity index (χ1v) is 8.06. The maximum atomic E-state index is 10.2. The quantitative estimate of drug-likeness (QED) is 0.207. The lowest BCUT2D eigenvalue weighted by Crippen LogP contribution is -1.76. The van der Waals surface area contributed by atoms with Gasteiger partial charge in [-0.1, -0.05) is 77.0 Å². The summed E-state index contributed by atoms with van der Waals surface area (Å²) in [4.78, 5) is 10.2. The van der Waals surface area contributed by atoms with Gasteiger partial charge in [-0.2, -0.15) is 0 Å². The molecule has 0 unspecified atom stereocenters. The van der Waals surface area contributed by atoms with Gasteiger partial charge in [0.1, 0.15) is 6.29 Å². The molecule has 23 heavy (non-hydrogen) atoms. The van der Waals surface area contributed by atoms with E-state index in [4.69, 9.17) is 0 Å². The maximum absolute atomic E-state index is 10.2. The standard InChI is InChI=1S/C22H30O/c1-19(2)11-8-13-21(4)15-10-17-22(5)16-9-14-20(3)12-6-7-18-23/h6-7,9-12,14-18H,8,13H2,1-5H3. The van der Waals surface area contributed by atoms with E-state index < -0.39 is 0 Å². The molecule has 0 aliphatic heterocycles. The van der Waals surface area contributed by atoms with Crippen LogP contribution in [0.5, 0.6) is 0 Å². The summed E-state index contributed by atoms with van der Waals surface area (Å²) in [7, 11) is 0. The third kappa shape index (κ3) is 14.5. The molecule has 0 atom stereocenters. The molecule has 0 aromatic heterocycles. The Bertz CT molecular complexity index is 557. The molecule has 0 aromatic rings. The van der Waals surface area contributed by atoms with Crippen molar-refractivity contribution in [3.05, 3.63) is 83.1 Å². The Balaban J connectivity index is 4.42. The molecule has 0 spiro atoms. The average Bonchev–Trinajstić information content (AvgIpc) is 2.47. The van der Waals surface area contributed by atoms with Crippen LogP contribution in [0.3, 0.4) is 0 Å². The number of hydrogen-bond donors (Lipinski definition) is 0. The lowest BCUT2D eigenvalue weighted by molar-refractivity contribution is -0.104. The van der Waals surface area contributed by atoms with Crippen molar-refractivity contribution in [3.63, 3.8) is 0 Å². The number of carbonyl (C=O) groups is 1. The van der Waals surface area contributed by atoms with Gasteiger partial charge in [-0.3, -0.25) is 4.79 Å². The van der Waals surface area contributed by atoms with Crippen molar-refractivity contribution in [2.75, 3.05) is 0 Å². The van der Waals surface area contributed by atoms with E-state index in [1.807, 2.05) is 25.2 Å². The molecule has 0 saturated carbocycles. The molecule has 0 heterocycles. The SMILES string of the molecule is CC(C)=CCCC(C)=CC=CC(C)=CC=CC(C)=CC=CC=O. The molecule has 0 aliphatic rings. The summed E-state index contributed by atoms with van der Waals surface area (Å²) >= 11 is 0. The Morgan fingerprint density at radius 3 is 1.87 bits per heavy atom. The predicted molar refractivity (Wildman–Crippen MR) is 103 cm³/mol. The normalized spacial score (nSPS) is 14.2. The Morgan fingerprint density at radius 1 is 0.739 bits per heavy atom. The zero-order chi connectivity index (χ0) is 17.5. The zero-order valence-electron chi connectivity index (χ0n) is 15.2. The van der Waals surface area contributed by atoms with E-state index in [1.165, 1.54) is 22.8 Å². The number of rotatable bonds is 9. The molecule has 0 aromatic carbocycles. The summed E-state index contributed by atoms with van der Waals surface area (Å²) < 4.78 is 0. The largest absolute Gasteiger partial charge is 0.299 e. The van der Waals surface area contributed by atoms with Gasteiger partial charge in [0, 0.05) is 0 Å². The van der Waals surface area contributed by atoms with Crippen LogP contribution in [0.1, 0.15) is 47.5 Å². The Hall–Kier alpha value is -2.15. The second-order valence-electron chi connectivity index (χ2n) is 5.89. The second kappa shape index (κ2) is 13.5. The first-order valence-electron chi connectivity index (χ1n) is 8.06. The van der Waals surface area contributed by atoms with Crippen molar-refractivity contribution in [2.45, 2.75) is 47.5 Å². The molecule has 0 fully saturated rings. The van der Waals surface area contributed by atoms with Crippen LogP contribution in [0.4, 0.5) is 0 Å². The molecule has 124 valence electrons. The van der Waals surface area contributed by atoms with Crippen molar-refractivity contribution in [1.82, 2.24) is 0 Å².